The average Bonchev–Trinajstić information content (AvgIpc) is 3.24. The first-order valence-electron chi connectivity index (χ1n) is 9.70. The number of hydrogen-bond donors (Lipinski definition) is 2. The summed E-state index contributed by atoms with van der Waals surface area (Å²) in [6, 6.07) is 1.55. The fourth-order valence-corrected chi connectivity index (χ4v) is 4.03. The number of hydrogen-bond acceptors (Lipinski definition) is 7. The minimum Gasteiger partial charge on any atom is -0.391 e. The topological polar surface area (TPSA) is 94.2 Å². The van der Waals surface area contributed by atoms with Crippen LogP contribution in [-0.2, 0) is 4.79 Å². The molecule has 0 bridgehead atoms. The van der Waals surface area contributed by atoms with Crippen LogP contribution in [-0.4, -0.2) is 62.8 Å². The Bertz CT molecular complexity index is 727. The molecule has 3 atom stereocenters. The van der Waals surface area contributed by atoms with Gasteiger partial charge in [-0.25, -0.2) is 0 Å². The second kappa shape index (κ2) is 7.14. The van der Waals surface area contributed by atoms with Crippen LogP contribution in [0.2, 0.25) is 0 Å². The molecule has 1 saturated heterocycles. The van der Waals surface area contributed by atoms with Gasteiger partial charge >= 0.3 is 0 Å². The highest BCUT2D eigenvalue weighted by molar-refractivity contribution is 5.95. The first-order valence-corrected chi connectivity index (χ1v) is 9.70. The molecule has 3 heterocycles. The van der Waals surface area contributed by atoms with Gasteiger partial charge in [0.1, 0.15) is 23.2 Å². The maximum absolute atomic E-state index is 13.5. The number of aliphatic hydroxyl groups is 1. The smallest absolute Gasteiger partial charge is 0.234 e. The van der Waals surface area contributed by atoms with Gasteiger partial charge in [-0.15, -0.1) is 0 Å². The van der Waals surface area contributed by atoms with E-state index >= 15 is 0 Å². The Morgan fingerprint density at radius 3 is 2.70 bits per heavy atom. The van der Waals surface area contributed by atoms with Crippen LogP contribution in [0.5, 0.6) is 0 Å². The van der Waals surface area contributed by atoms with Crippen LogP contribution in [0, 0.1) is 12.8 Å². The maximum atomic E-state index is 13.5. The van der Waals surface area contributed by atoms with E-state index in [1.807, 2.05) is 38.8 Å². The molecule has 0 aromatic carbocycles. The molecule has 1 fully saturated rings. The van der Waals surface area contributed by atoms with Gasteiger partial charge in [0, 0.05) is 25.6 Å². The van der Waals surface area contributed by atoms with E-state index in [-0.39, 0.29) is 23.5 Å². The van der Waals surface area contributed by atoms with Gasteiger partial charge in [-0.3, -0.25) is 9.80 Å². The van der Waals surface area contributed by atoms with Crippen molar-refractivity contribution >= 4 is 11.7 Å². The van der Waals surface area contributed by atoms with Crippen LogP contribution in [0.25, 0.3) is 0 Å². The van der Waals surface area contributed by atoms with Crippen LogP contribution in [0.1, 0.15) is 58.4 Å². The van der Waals surface area contributed by atoms with Crippen molar-refractivity contribution in [2.45, 2.75) is 71.7 Å². The summed E-state index contributed by atoms with van der Waals surface area (Å²) < 4.78 is 5.41. The quantitative estimate of drug-likeness (QED) is 0.810. The van der Waals surface area contributed by atoms with Gasteiger partial charge < -0.3 is 19.8 Å². The van der Waals surface area contributed by atoms with Crippen LogP contribution >= 0.6 is 0 Å². The number of aliphatic hydroxyl groups excluding tert-OH is 1. The molecule has 2 N–H and O–H groups in total. The molecule has 8 heteroatoms. The van der Waals surface area contributed by atoms with Crippen LogP contribution < -0.4 is 5.32 Å². The summed E-state index contributed by atoms with van der Waals surface area (Å²) in [6.45, 7) is 13.0. The first-order chi connectivity index (χ1) is 12.6. The summed E-state index contributed by atoms with van der Waals surface area (Å²) in [7, 11) is 0. The van der Waals surface area contributed by atoms with E-state index < -0.39 is 12.0 Å². The molecule has 150 valence electrons. The van der Waals surface area contributed by atoms with Crippen LogP contribution in [0.4, 0.5) is 0 Å². The van der Waals surface area contributed by atoms with Gasteiger partial charge in [-0.1, -0.05) is 19.0 Å². The fourth-order valence-electron chi connectivity index (χ4n) is 4.03. The summed E-state index contributed by atoms with van der Waals surface area (Å²) >= 11 is 0. The van der Waals surface area contributed by atoms with Crippen LogP contribution in [0.3, 0.4) is 0 Å². The number of aromatic nitrogens is 1. The summed E-state index contributed by atoms with van der Waals surface area (Å²) in [5, 5.41) is 24.3. The third-order valence-corrected chi connectivity index (χ3v) is 5.37. The van der Waals surface area contributed by atoms with Crippen molar-refractivity contribution in [2.24, 2.45) is 11.0 Å². The molecular formula is C19H31N5O3. The minimum atomic E-state index is -0.563. The molecule has 3 rings (SSSR count). The van der Waals surface area contributed by atoms with E-state index in [0.717, 1.165) is 18.1 Å². The first kappa shape index (κ1) is 19.7. The number of aryl methyl sites for hydroxylation is 1. The number of likely N-dealkylation sites (tertiary alicyclic amines) is 1. The molecule has 1 amide bonds. The van der Waals surface area contributed by atoms with E-state index in [0.29, 0.717) is 18.7 Å². The summed E-state index contributed by atoms with van der Waals surface area (Å²) in [5.41, 5.74) is 0.440. The second-order valence-corrected chi connectivity index (χ2v) is 8.37. The zero-order valence-corrected chi connectivity index (χ0v) is 17.1. The van der Waals surface area contributed by atoms with Gasteiger partial charge in [-0.2, -0.15) is 5.10 Å². The van der Waals surface area contributed by atoms with E-state index in [2.05, 4.69) is 29.4 Å². The molecule has 3 unspecified atom stereocenters. The number of nitrogens with one attached hydrogen (secondary N) is 1. The van der Waals surface area contributed by atoms with E-state index in [9.17, 15) is 9.90 Å². The SMILES string of the molecule is CCN1N=C(C2CC(O)CN2C(=O)C(c2cc(C)no2)C(C)C)NC1(C)C. The largest absolute Gasteiger partial charge is 0.391 e. The average molecular weight is 377 g/mol. The molecule has 27 heavy (non-hydrogen) atoms. The second-order valence-electron chi connectivity index (χ2n) is 8.37. The molecule has 1 aromatic heterocycles. The van der Waals surface area contributed by atoms with Crippen molar-refractivity contribution in [1.82, 2.24) is 20.4 Å². The lowest BCUT2D eigenvalue weighted by Gasteiger charge is -2.31. The van der Waals surface area contributed by atoms with E-state index in [1.54, 1.807) is 4.90 Å². The molecule has 1 aromatic rings. The maximum Gasteiger partial charge on any atom is 0.234 e. The lowest BCUT2D eigenvalue weighted by molar-refractivity contribution is -0.134. The number of amidine groups is 1. The summed E-state index contributed by atoms with van der Waals surface area (Å²) in [6.07, 6.45) is -0.0858. The number of hydrazone groups is 1. The molecule has 2 aliphatic rings. The fraction of sp³-hybridized carbons (Fsp3) is 0.737. The van der Waals surface area contributed by atoms with Crippen molar-refractivity contribution in [3.05, 3.63) is 17.5 Å². The van der Waals surface area contributed by atoms with Crippen LogP contribution in [0.15, 0.2) is 15.7 Å². The van der Waals surface area contributed by atoms with E-state index in [1.165, 1.54) is 0 Å². The number of rotatable bonds is 5. The van der Waals surface area contributed by atoms with Gasteiger partial charge in [0.05, 0.1) is 17.8 Å². The number of nitrogens with zero attached hydrogens (tertiary/aromatic N) is 4. The summed E-state index contributed by atoms with van der Waals surface area (Å²) in [4.78, 5) is 15.2. The predicted octanol–water partition coefficient (Wildman–Crippen LogP) is 1.66. The minimum absolute atomic E-state index is 0.0466. The number of carbonyl (C=O) groups excluding carboxylic acids is 1. The van der Waals surface area contributed by atoms with Crippen molar-refractivity contribution in [3.8, 4) is 0 Å². The number of amides is 1. The highest BCUT2D eigenvalue weighted by atomic mass is 16.5. The van der Waals surface area contributed by atoms with Gasteiger partial charge in [0.25, 0.3) is 0 Å². The Morgan fingerprint density at radius 1 is 1.48 bits per heavy atom. The molecular weight excluding hydrogens is 346 g/mol. The van der Waals surface area contributed by atoms with Crippen molar-refractivity contribution in [2.75, 3.05) is 13.1 Å². The lowest BCUT2D eigenvalue weighted by Crippen LogP contribution is -2.52. The molecule has 0 aliphatic carbocycles. The third kappa shape index (κ3) is 3.67. The highest BCUT2D eigenvalue weighted by Crippen LogP contribution is 2.32. The van der Waals surface area contributed by atoms with Crippen molar-refractivity contribution in [1.29, 1.82) is 0 Å². The third-order valence-electron chi connectivity index (χ3n) is 5.37. The monoisotopic (exact) mass is 377 g/mol. The molecule has 0 spiro atoms. The number of carbonyl (C=O) groups is 1. The predicted molar refractivity (Wildman–Crippen MR) is 102 cm³/mol. The van der Waals surface area contributed by atoms with Gasteiger partial charge in [-0.05, 0) is 33.6 Å². The normalized spacial score (nSPS) is 25.7. The zero-order chi connectivity index (χ0) is 19.9. The Hall–Kier alpha value is -2.09. The van der Waals surface area contributed by atoms with Crippen molar-refractivity contribution in [3.63, 3.8) is 0 Å². The van der Waals surface area contributed by atoms with E-state index in [4.69, 9.17) is 4.52 Å². The summed E-state index contributed by atoms with van der Waals surface area (Å²) in [5.74, 6) is 0.869. The molecule has 8 nitrogen and oxygen atoms in total. The van der Waals surface area contributed by atoms with Gasteiger partial charge in [0.2, 0.25) is 5.91 Å². The van der Waals surface area contributed by atoms with Crippen molar-refractivity contribution < 1.29 is 14.4 Å². The standard InChI is InChI=1S/C19H31N5O3/c1-7-24-19(5,6)20-17(21-24)14-9-13(25)10-23(14)18(26)16(11(2)3)15-8-12(4)22-27-15/h8,11,13-14,16,25H,7,9-10H2,1-6H3,(H,20,21). The number of β-amino-alcohol motifs (C(OH)–C–C–N with tert-alkyl or cyclic N) is 1. The highest BCUT2D eigenvalue weighted by Gasteiger charge is 2.45. The molecule has 2 aliphatic heterocycles. The Kier molecular flexibility index (Phi) is 5.20. The zero-order valence-electron chi connectivity index (χ0n) is 17.1. The Labute approximate surface area is 160 Å². The Morgan fingerprint density at radius 2 is 2.19 bits per heavy atom. The molecule has 0 radical (unpaired) electrons. The van der Waals surface area contributed by atoms with Gasteiger partial charge in [0.15, 0.2) is 0 Å². The Balaban J connectivity index is 1.88. The molecule has 0 saturated carbocycles. The lowest BCUT2D eigenvalue weighted by atomic mass is 9.91.